The summed E-state index contributed by atoms with van der Waals surface area (Å²) in [6.45, 7) is 0. The standard InChI is InChI=1S/C13H11BrFN3O/c14-9-2-1-3-10(15)12(9)18-7-4-5-11(16)8(6-7)13(17)19/h1-6,18H,16H2,(H2,17,19). The molecule has 4 nitrogen and oxygen atoms in total. The molecule has 0 bridgehead atoms. The molecule has 5 N–H and O–H groups in total. The molecule has 0 aliphatic carbocycles. The number of hydrogen-bond donors (Lipinski definition) is 3. The van der Waals surface area contributed by atoms with Crippen molar-refractivity contribution in [3.63, 3.8) is 0 Å². The number of amides is 1. The molecule has 2 aromatic rings. The van der Waals surface area contributed by atoms with Crippen LogP contribution in [0.4, 0.5) is 21.5 Å². The minimum Gasteiger partial charge on any atom is -0.398 e. The number of nitrogens with two attached hydrogens (primary N) is 2. The molecule has 0 saturated heterocycles. The first-order valence-corrected chi connectivity index (χ1v) is 6.18. The Morgan fingerprint density at radius 2 is 2.00 bits per heavy atom. The highest BCUT2D eigenvalue weighted by Gasteiger charge is 2.10. The lowest BCUT2D eigenvalue weighted by atomic mass is 10.1. The maximum atomic E-state index is 13.7. The van der Waals surface area contributed by atoms with Crippen molar-refractivity contribution < 1.29 is 9.18 Å². The van der Waals surface area contributed by atoms with Crippen LogP contribution >= 0.6 is 15.9 Å². The maximum Gasteiger partial charge on any atom is 0.250 e. The number of nitrogen functional groups attached to an aromatic ring is 1. The van der Waals surface area contributed by atoms with Crippen LogP contribution in [0.5, 0.6) is 0 Å². The highest BCUT2D eigenvalue weighted by atomic mass is 79.9. The molecule has 19 heavy (non-hydrogen) atoms. The number of rotatable bonds is 3. The number of carbonyl (C=O) groups is 1. The van der Waals surface area contributed by atoms with E-state index in [1.807, 2.05) is 0 Å². The van der Waals surface area contributed by atoms with E-state index in [9.17, 15) is 9.18 Å². The van der Waals surface area contributed by atoms with Gasteiger partial charge in [-0.1, -0.05) is 6.07 Å². The van der Waals surface area contributed by atoms with Crippen LogP contribution in [0.15, 0.2) is 40.9 Å². The molecule has 0 aliphatic heterocycles. The van der Waals surface area contributed by atoms with Crippen molar-refractivity contribution in [1.29, 1.82) is 0 Å². The normalized spacial score (nSPS) is 10.2. The van der Waals surface area contributed by atoms with E-state index in [0.29, 0.717) is 10.2 Å². The molecule has 2 rings (SSSR count). The number of anilines is 3. The third-order valence-corrected chi connectivity index (χ3v) is 3.21. The quantitative estimate of drug-likeness (QED) is 0.759. The molecule has 98 valence electrons. The largest absolute Gasteiger partial charge is 0.398 e. The van der Waals surface area contributed by atoms with E-state index in [1.165, 1.54) is 18.2 Å². The van der Waals surface area contributed by atoms with E-state index in [2.05, 4.69) is 21.2 Å². The van der Waals surface area contributed by atoms with Gasteiger partial charge in [-0.25, -0.2) is 4.39 Å². The fourth-order valence-corrected chi connectivity index (χ4v) is 2.05. The molecular weight excluding hydrogens is 313 g/mol. The van der Waals surface area contributed by atoms with Gasteiger partial charge in [0.2, 0.25) is 0 Å². The molecule has 0 atom stereocenters. The number of benzene rings is 2. The van der Waals surface area contributed by atoms with E-state index >= 15 is 0 Å². The van der Waals surface area contributed by atoms with Crippen LogP contribution in [-0.2, 0) is 0 Å². The Morgan fingerprint density at radius 3 is 2.63 bits per heavy atom. The third kappa shape index (κ3) is 2.85. The van der Waals surface area contributed by atoms with Crippen molar-refractivity contribution in [1.82, 2.24) is 0 Å². The van der Waals surface area contributed by atoms with Crippen LogP contribution in [0.3, 0.4) is 0 Å². The fourth-order valence-electron chi connectivity index (χ4n) is 1.61. The molecule has 2 aromatic carbocycles. The molecule has 1 amide bonds. The maximum absolute atomic E-state index is 13.7. The van der Waals surface area contributed by atoms with E-state index in [0.717, 1.165) is 0 Å². The van der Waals surface area contributed by atoms with E-state index in [4.69, 9.17) is 11.5 Å². The van der Waals surface area contributed by atoms with E-state index in [-0.39, 0.29) is 16.9 Å². The van der Waals surface area contributed by atoms with Crippen molar-refractivity contribution in [3.8, 4) is 0 Å². The lowest BCUT2D eigenvalue weighted by Crippen LogP contribution is -2.13. The zero-order valence-corrected chi connectivity index (χ0v) is 11.4. The predicted molar refractivity (Wildman–Crippen MR) is 76.8 cm³/mol. The van der Waals surface area contributed by atoms with Gasteiger partial charge in [-0.05, 0) is 46.3 Å². The molecule has 0 aromatic heterocycles. The summed E-state index contributed by atoms with van der Waals surface area (Å²) in [6.07, 6.45) is 0. The average molecular weight is 324 g/mol. The second-order valence-electron chi connectivity index (χ2n) is 3.89. The Labute approximate surface area is 117 Å². The molecule has 0 spiro atoms. The fraction of sp³-hybridized carbons (Fsp3) is 0. The summed E-state index contributed by atoms with van der Waals surface area (Å²) in [6, 6.07) is 9.29. The summed E-state index contributed by atoms with van der Waals surface area (Å²) >= 11 is 3.25. The summed E-state index contributed by atoms with van der Waals surface area (Å²) in [7, 11) is 0. The van der Waals surface area contributed by atoms with Gasteiger partial charge < -0.3 is 16.8 Å². The van der Waals surface area contributed by atoms with Crippen LogP contribution in [-0.4, -0.2) is 5.91 Å². The van der Waals surface area contributed by atoms with Gasteiger partial charge in [0.15, 0.2) is 0 Å². The molecule has 0 saturated carbocycles. The Morgan fingerprint density at radius 1 is 1.26 bits per heavy atom. The van der Waals surface area contributed by atoms with Gasteiger partial charge in [0.05, 0.1) is 11.3 Å². The highest BCUT2D eigenvalue weighted by Crippen LogP contribution is 2.29. The van der Waals surface area contributed by atoms with Gasteiger partial charge in [-0.15, -0.1) is 0 Å². The molecule has 0 unspecified atom stereocenters. The van der Waals surface area contributed by atoms with Crippen LogP contribution in [0, 0.1) is 5.82 Å². The van der Waals surface area contributed by atoms with Gasteiger partial charge in [0.25, 0.3) is 5.91 Å². The van der Waals surface area contributed by atoms with E-state index in [1.54, 1.807) is 18.2 Å². The van der Waals surface area contributed by atoms with Gasteiger partial charge in [0.1, 0.15) is 5.82 Å². The molecule has 0 radical (unpaired) electrons. The lowest BCUT2D eigenvalue weighted by Gasteiger charge is -2.11. The number of para-hydroxylation sites is 1. The molecule has 0 aliphatic rings. The van der Waals surface area contributed by atoms with E-state index < -0.39 is 11.7 Å². The van der Waals surface area contributed by atoms with Crippen molar-refractivity contribution in [2.75, 3.05) is 11.1 Å². The van der Waals surface area contributed by atoms with Crippen molar-refractivity contribution in [2.24, 2.45) is 5.73 Å². The molecule has 0 fully saturated rings. The van der Waals surface area contributed by atoms with Gasteiger partial charge in [0, 0.05) is 15.8 Å². The third-order valence-electron chi connectivity index (χ3n) is 2.55. The van der Waals surface area contributed by atoms with Crippen LogP contribution < -0.4 is 16.8 Å². The van der Waals surface area contributed by atoms with Gasteiger partial charge in [-0.2, -0.15) is 0 Å². The van der Waals surface area contributed by atoms with Crippen molar-refractivity contribution in [3.05, 3.63) is 52.3 Å². The Balaban J connectivity index is 2.39. The average Bonchev–Trinajstić information content (AvgIpc) is 2.35. The highest BCUT2D eigenvalue weighted by molar-refractivity contribution is 9.10. The van der Waals surface area contributed by atoms with Gasteiger partial charge >= 0.3 is 0 Å². The molecule has 6 heteroatoms. The predicted octanol–water partition coefficient (Wildman–Crippen LogP) is 3.01. The van der Waals surface area contributed by atoms with Crippen LogP contribution in [0.25, 0.3) is 0 Å². The van der Waals surface area contributed by atoms with Crippen LogP contribution in [0.2, 0.25) is 0 Å². The second-order valence-corrected chi connectivity index (χ2v) is 4.74. The van der Waals surface area contributed by atoms with Crippen molar-refractivity contribution in [2.45, 2.75) is 0 Å². The minimum absolute atomic E-state index is 0.192. The minimum atomic E-state index is -0.631. The Hall–Kier alpha value is -2.08. The summed E-state index contributed by atoms with van der Waals surface area (Å²) in [5, 5.41) is 2.88. The monoisotopic (exact) mass is 323 g/mol. The topological polar surface area (TPSA) is 81.1 Å². The number of primary amides is 1. The first-order valence-electron chi connectivity index (χ1n) is 5.39. The van der Waals surface area contributed by atoms with Crippen molar-refractivity contribution >= 4 is 38.9 Å². The summed E-state index contributed by atoms with van der Waals surface area (Å²) < 4.78 is 14.2. The first-order chi connectivity index (χ1) is 8.99. The number of carbonyl (C=O) groups excluding carboxylic acids is 1. The molecular formula is C13H11BrFN3O. The smallest absolute Gasteiger partial charge is 0.250 e. The van der Waals surface area contributed by atoms with Gasteiger partial charge in [-0.3, -0.25) is 4.79 Å². The van der Waals surface area contributed by atoms with Crippen LogP contribution in [0.1, 0.15) is 10.4 Å². The zero-order valence-electron chi connectivity index (χ0n) is 9.78. The lowest BCUT2D eigenvalue weighted by molar-refractivity contribution is 0.100. The first kappa shape index (κ1) is 13.4. The SMILES string of the molecule is NC(=O)c1cc(Nc2c(F)cccc2Br)ccc1N. The summed E-state index contributed by atoms with van der Waals surface area (Å²) in [5.74, 6) is -1.04. The number of nitrogens with one attached hydrogen (secondary N) is 1. The number of halogens is 2. The molecule has 0 heterocycles. The Bertz CT molecular complexity index is 626. The zero-order chi connectivity index (χ0) is 14.0. The Kier molecular flexibility index (Phi) is 3.71. The summed E-state index contributed by atoms with van der Waals surface area (Å²) in [4.78, 5) is 11.2. The number of hydrogen-bond acceptors (Lipinski definition) is 3. The second kappa shape index (κ2) is 5.27. The summed E-state index contributed by atoms with van der Waals surface area (Å²) in [5.41, 5.74) is 12.1.